The third-order valence-electron chi connectivity index (χ3n) is 4.41. The maximum Gasteiger partial charge on any atom is 0.258 e. The molecule has 4 aromatic rings. The van der Waals surface area contributed by atoms with Crippen molar-refractivity contribution in [2.24, 2.45) is 0 Å². The number of para-hydroxylation sites is 1. The number of anilines is 1. The van der Waals surface area contributed by atoms with Gasteiger partial charge >= 0.3 is 0 Å². The molecule has 0 saturated heterocycles. The largest absolute Gasteiger partial charge is 0.324 e. The van der Waals surface area contributed by atoms with Crippen LogP contribution in [0.2, 0.25) is 0 Å². The van der Waals surface area contributed by atoms with Crippen molar-refractivity contribution in [3.05, 3.63) is 77.0 Å². The molecule has 4 rings (SSSR count). The van der Waals surface area contributed by atoms with Crippen LogP contribution in [0.15, 0.2) is 65.6 Å². The molecule has 7 nitrogen and oxygen atoms in total. The summed E-state index contributed by atoms with van der Waals surface area (Å²) in [6, 6.07) is 16.6. The van der Waals surface area contributed by atoms with E-state index in [-0.39, 0.29) is 18.0 Å². The molecule has 0 atom stereocenters. The number of aromatic nitrogens is 3. The molecule has 2 heterocycles. The number of benzene rings is 2. The van der Waals surface area contributed by atoms with Crippen LogP contribution in [0.1, 0.15) is 5.82 Å². The summed E-state index contributed by atoms with van der Waals surface area (Å²) in [5.41, 5.74) is 2.01. The highest BCUT2D eigenvalue weighted by atomic mass is 16.2. The Morgan fingerprint density at radius 2 is 1.82 bits per heavy atom. The number of pyridine rings is 1. The Kier molecular flexibility index (Phi) is 4.82. The van der Waals surface area contributed by atoms with E-state index in [9.17, 15) is 9.59 Å². The third kappa shape index (κ3) is 3.74. The van der Waals surface area contributed by atoms with Crippen LogP contribution < -0.4 is 10.9 Å². The van der Waals surface area contributed by atoms with Crippen LogP contribution in [-0.2, 0) is 11.3 Å². The molecule has 0 radical (unpaired) electrons. The molecule has 0 fully saturated rings. The molecule has 0 aliphatic heterocycles. The predicted molar refractivity (Wildman–Crippen MR) is 109 cm³/mol. The van der Waals surface area contributed by atoms with Gasteiger partial charge in [0.1, 0.15) is 5.82 Å². The molecule has 0 unspecified atom stereocenters. The fourth-order valence-electron chi connectivity index (χ4n) is 3.17. The Balaban J connectivity index is 1.45. The smallest absolute Gasteiger partial charge is 0.258 e. The summed E-state index contributed by atoms with van der Waals surface area (Å²) in [6.45, 7) is 0.512. The predicted octanol–water partition coefficient (Wildman–Crippen LogP) is 2.54. The van der Waals surface area contributed by atoms with Gasteiger partial charge in [-0.2, -0.15) is 0 Å². The van der Waals surface area contributed by atoms with Crippen LogP contribution in [0.4, 0.5) is 5.69 Å². The number of H-pyrrole nitrogens is 1. The van der Waals surface area contributed by atoms with Gasteiger partial charge < -0.3 is 10.3 Å². The number of amides is 1. The summed E-state index contributed by atoms with van der Waals surface area (Å²) in [5.74, 6) is 0.371. The molecule has 0 aliphatic carbocycles. The molecule has 0 bridgehead atoms. The zero-order valence-corrected chi connectivity index (χ0v) is 15.3. The van der Waals surface area contributed by atoms with E-state index < -0.39 is 0 Å². The van der Waals surface area contributed by atoms with Gasteiger partial charge in [-0.1, -0.05) is 18.2 Å². The second-order valence-corrected chi connectivity index (χ2v) is 6.63. The Morgan fingerprint density at radius 3 is 2.71 bits per heavy atom. The van der Waals surface area contributed by atoms with Crippen molar-refractivity contribution in [1.29, 1.82) is 0 Å². The summed E-state index contributed by atoms with van der Waals surface area (Å²) in [7, 11) is 1.80. The second-order valence-electron chi connectivity index (χ2n) is 6.63. The molecule has 0 saturated carbocycles. The van der Waals surface area contributed by atoms with Gasteiger partial charge in [-0.15, -0.1) is 0 Å². The van der Waals surface area contributed by atoms with E-state index >= 15 is 0 Å². The lowest BCUT2D eigenvalue weighted by atomic mass is 10.2. The summed E-state index contributed by atoms with van der Waals surface area (Å²) in [5, 5.41) is 4.37. The summed E-state index contributed by atoms with van der Waals surface area (Å²) >= 11 is 0. The first-order chi connectivity index (χ1) is 13.6. The number of nitrogens with one attached hydrogen (secondary N) is 2. The molecule has 0 spiro atoms. The molecule has 2 N–H and O–H groups in total. The van der Waals surface area contributed by atoms with Crippen LogP contribution >= 0.6 is 0 Å². The number of carbonyl (C=O) groups excluding carboxylic acids is 1. The van der Waals surface area contributed by atoms with E-state index in [1.54, 1.807) is 36.3 Å². The highest BCUT2D eigenvalue weighted by Gasteiger charge is 2.11. The van der Waals surface area contributed by atoms with E-state index in [2.05, 4.69) is 20.3 Å². The summed E-state index contributed by atoms with van der Waals surface area (Å²) in [6.07, 6.45) is 1.72. The summed E-state index contributed by atoms with van der Waals surface area (Å²) in [4.78, 5) is 38.0. The van der Waals surface area contributed by atoms with Gasteiger partial charge in [0.25, 0.3) is 5.56 Å². The van der Waals surface area contributed by atoms with Crippen LogP contribution in [0, 0.1) is 0 Å². The molecular formula is C21H19N5O2. The quantitative estimate of drug-likeness (QED) is 0.561. The van der Waals surface area contributed by atoms with E-state index in [1.165, 1.54) is 0 Å². The van der Waals surface area contributed by atoms with Crippen molar-refractivity contribution in [1.82, 2.24) is 19.9 Å². The Labute approximate surface area is 161 Å². The Bertz CT molecular complexity index is 1210. The number of aromatic amines is 1. The van der Waals surface area contributed by atoms with Gasteiger partial charge in [0.2, 0.25) is 5.91 Å². The fourth-order valence-corrected chi connectivity index (χ4v) is 3.17. The highest BCUT2D eigenvalue weighted by molar-refractivity contribution is 6.01. The van der Waals surface area contributed by atoms with Crippen molar-refractivity contribution < 1.29 is 4.79 Å². The zero-order chi connectivity index (χ0) is 19.5. The second kappa shape index (κ2) is 7.58. The number of carbonyl (C=O) groups is 1. The maximum absolute atomic E-state index is 12.5. The maximum atomic E-state index is 12.5. The lowest BCUT2D eigenvalue weighted by Crippen LogP contribution is -2.31. The third-order valence-corrected chi connectivity index (χ3v) is 4.41. The normalized spacial score (nSPS) is 11.2. The number of likely N-dealkylation sites (N-methyl/N-ethyl adjacent to an activating group) is 1. The average molecular weight is 373 g/mol. The van der Waals surface area contributed by atoms with Crippen LogP contribution in [-0.4, -0.2) is 39.4 Å². The summed E-state index contributed by atoms with van der Waals surface area (Å²) < 4.78 is 0. The van der Waals surface area contributed by atoms with Gasteiger partial charge in [0.05, 0.1) is 35.2 Å². The van der Waals surface area contributed by atoms with E-state index in [1.807, 2.05) is 36.4 Å². The number of fused-ring (bicyclic) bond motifs is 2. The van der Waals surface area contributed by atoms with Crippen molar-refractivity contribution in [3.8, 4) is 0 Å². The zero-order valence-electron chi connectivity index (χ0n) is 15.3. The first kappa shape index (κ1) is 17.8. The topological polar surface area (TPSA) is 91.0 Å². The number of hydrogen-bond donors (Lipinski definition) is 2. The number of hydrogen-bond acceptors (Lipinski definition) is 5. The minimum absolute atomic E-state index is 0.151. The van der Waals surface area contributed by atoms with Gasteiger partial charge in [0.15, 0.2) is 0 Å². The minimum atomic E-state index is -0.179. The van der Waals surface area contributed by atoms with E-state index in [4.69, 9.17) is 0 Å². The SMILES string of the molecule is CN(CC(=O)Nc1cccc2ncccc12)Cc1nc2ccccc2c(=O)[nH]1. The van der Waals surface area contributed by atoms with Crippen molar-refractivity contribution in [2.75, 3.05) is 18.9 Å². The average Bonchev–Trinajstić information content (AvgIpc) is 2.68. The van der Waals surface area contributed by atoms with Gasteiger partial charge in [-0.05, 0) is 43.4 Å². The standard InChI is InChI=1S/C21H19N5O2/c1-26(12-19-23-18-8-3-2-6-15(18)21(28)25-19)13-20(27)24-17-10-4-9-16-14(17)7-5-11-22-16/h2-11H,12-13H2,1H3,(H,24,27)(H,23,25,28). The molecular weight excluding hydrogens is 354 g/mol. The van der Waals surface area contributed by atoms with Crippen LogP contribution in [0.5, 0.6) is 0 Å². The molecule has 1 amide bonds. The van der Waals surface area contributed by atoms with Crippen LogP contribution in [0.25, 0.3) is 21.8 Å². The minimum Gasteiger partial charge on any atom is -0.324 e. The highest BCUT2D eigenvalue weighted by Crippen LogP contribution is 2.21. The molecule has 0 aliphatic rings. The number of rotatable bonds is 5. The lowest BCUT2D eigenvalue weighted by molar-refractivity contribution is -0.117. The molecule has 28 heavy (non-hydrogen) atoms. The first-order valence-electron chi connectivity index (χ1n) is 8.90. The lowest BCUT2D eigenvalue weighted by Gasteiger charge is -2.16. The van der Waals surface area contributed by atoms with Crippen molar-refractivity contribution in [2.45, 2.75) is 6.54 Å². The van der Waals surface area contributed by atoms with Gasteiger partial charge in [-0.3, -0.25) is 19.5 Å². The Morgan fingerprint density at radius 1 is 1.04 bits per heavy atom. The fraction of sp³-hybridized carbons (Fsp3) is 0.143. The van der Waals surface area contributed by atoms with Gasteiger partial charge in [-0.25, -0.2) is 4.98 Å². The van der Waals surface area contributed by atoms with Crippen molar-refractivity contribution in [3.63, 3.8) is 0 Å². The molecule has 2 aromatic heterocycles. The molecule has 7 heteroatoms. The van der Waals surface area contributed by atoms with Gasteiger partial charge in [0, 0.05) is 11.6 Å². The van der Waals surface area contributed by atoms with Crippen molar-refractivity contribution >= 4 is 33.4 Å². The number of nitrogens with zero attached hydrogens (tertiary/aromatic N) is 3. The van der Waals surface area contributed by atoms with E-state index in [0.29, 0.717) is 23.3 Å². The van der Waals surface area contributed by atoms with Crippen LogP contribution in [0.3, 0.4) is 0 Å². The first-order valence-corrected chi connectivity index (χ1v) is 8.90. The Hall–Kier alpha value is -3.58. The monoisotopic (exact) mass is 373 g/mol. The molecule has 2 aromatic carbocycles. The molecule has 140 valence electrons. The van der Waals surface area contributed by atoms with E-state index in [0.717, 1.165) is 16.6 Å².